The number of rotatable bonds is 7. The Balaban J connectivity index is 1.44. The van der Waals surface area contributed by atoms with Crippen LogP contribution in [0.3, 0.4) is 0 Å². The summed E-state index contributed by atoms with van der Waals surface area (Å²) in [5.41, 5.74) is 8.95. The van der Waals surface area contributed by atoms with Gasteiger partial charge >= 0.3 is 0 Å². The highest BCUT2D eigenvalue weighted by Crippen LogP contribution is 2.37. The number of anilines is 1. The number of aliphatic imine (C=N–C) groups is 1. The maximum absolute atomic E-state index is 12.9. The van der Waals surface area contributed by atoms with Crippen LogP contribution in [0.1, 0.15) is 53.7 Å². The number of nitrogens with two attached hydrogens (primary N) is 1. The Hall–Kier alpha value is -2.94. The van der Waals surface area contributed by atoms with Crippen LogP contribution in [0.4, 0.5) is 5.69 Å². The average Bonchev–Trinajstić information content (AvgIpc) is 3.42. The molecule has 2 aromatic rings. The summed E-state index contributed by atoms with van der Waals surface area (Å²) in [4.78, 5) is 33.7. The summed E-state index contributed by atoms with van der Waals surface area (Å²) >= 11 is 13.1. The molecule has 0 saturated carbocycles. The zero-order valence-corrected chi connectivity index (χ0v) is 22.6. The predicted octanol–water partition coefficient (Wildman–Crippen LogP) is 4.69. The number of aryl methyl sites for hydroxylation is 1. The molecule has 37 heavy (non-hydrogen) atoms. The molecule has 2 aliphatic heterocycles. The van der Waals surface area contributed by atoms with Crippen LogP contribution >= 0.6 is 23.2 Å². The fourth-order valence-electron chi connectivity index (χ4n) is 4.93. The summed E-state index contributed by atoms with van der Waals surface area (Å²) in [6.45, 7) is 6.57. The molecule has 8 nitrogen and oxygen atoms in total. The number of nitrogens with zero attached hydrogens (tertiary/aromatic N) is 3. The summed E-state index contributed by atoms with van der Waals surface area (Å²) in [6, 6.07) is 9.81. The highest BCUT2D eigenvalue weighted by atomic mass is 35.5. The van der Waals surface area contributed by atoms with Crippen LogP contribution in [0.2, 0.25) is 10.0 Å². The van der Waals surface area contributed by atoms with Crippen LogP contribution in [0.15, 0.2) is 41.4 Å². The molecule has 4 N–H and O–H groups in total. The zero-order chi connectivity index (χ0) is 26.7. The standard InChI is InChI=1S/C27H32Cl2N6O2/c1-16-5-10-20(28)23(24(16)29)17(2)35-14-11-32-25(31)22(35)15-21(30)26(36)33-19-8-6-18(7-9-19)27(37)34-12-3-4-13-34/h5-10,17,22,30H,3-4,11-15H2,1-2H3,(H2,31,32)(H,33,36). The van der Waals surface area contributed by atoms with Crippen LogP contribution in [-0.4, -0.2) is 65.4 Å². The second kappa shape index (κ2) is 11.6. The fourth-order valence-corrected chi connectivity index (χ4v) is 5.62. The van der Waals surface area contributed by atoms with Crippen molar-refractivity contribution in [3.63, 3.8) is 0 Å². The molecule has 1 saturated heterocycles. The Kier molecular flexibility index (Phi) is 8.52. The van der Waals surface area contributed by atoms with Crippen molar-refractivity contribution in [2.45, 2.75) is 45.2 Å². The Morgan fingerprint density at radius 2 is 1.81 bits per heavy atom. The van der Waals surface area contributed by atoms with E-state index in [0.717, 1.165) is 37.1 Å². The van der Waals surface area contributed by atoms with E-state index in [-0.39, 0.29) is 24.1 Å². The molecule has 2 atom stereocenters. The second-order valence-corrected chi connectivity index (χ2v) is 10.3. The van der Waals surface area contributed by atoms with Crippen LogP contribution in [0.25, 0.3) is 0 Å². The third-order valence-electron chi connectivity index (χ3n) is 7.08. The van der Waals surface area contributed by atoms with E-state index in [1.165, 1.54) is 0 Å². The van der Waals surface area contributed by atoms with Gasteiger partial charge in [0.25, 0.3) is 11.8 Å². The molecule has 10 heteroatoms. The topological polar surface area (TPSA) is 115 Å². The number of carbonyl (C=O) groups excluding carboxylic acids is 2. The first-order valence-electron chi connectivity index (χ1n) is 12.5. The lowest BCUT2D eigenvalue weighted by atomic mass is 9.98. The lowest BCUT2D eigenvalue weighted by Crippen LogP contribution is -2.52. The maximum Gasteiger partial charge on any atom is 0.269 e. The van der Waals surface area contributed by atoms with Crippen molar-refractivity contribution in [1.82, 2.24) is 9.80 Å². The van der Waals surface area contributed by atoms with Crippen molar-refractivity contribution in [3.8, 4) is 0 Å². The molecule has 2 amide bonds. The highest BCUT2D eigenvalue weighted by molar-refractivity contribution is 6.42. The molecule has 0 spiro atoms. The SMILES string of the molecule is Cc1ccc(Cl)c(C(C)N2CCN=C(N)C2CC(=N)C(=O)Nc2ccc(C(=O)N3CCCC3)cc2)c1Cl. The summed E-state index contributed by atoms with van der Waals surface area (Å²) in [5, 5.41) is 12.4. The minimum atomic E-state index is -0.531. The van der Waals surface area contributed by atoms with Crippen LogP contribution in [0.5, 0.6) is 0 Å². The molecule has 2 heterocycles. The Morgan fingerprint density at radius 1 is 1.14 bits per heavy atom. The van der Waals surface area contributed by atoms with E-state index in [2.05, 4.69) is 15.2 Å². The van der Waals surface area contributed by atoms with Crippen LogP contribution < -0.4 is 11.1 Å². The molecule has 4 rings (SSSR count). The number of amidine groups is 1. The lowest BCUT2D eigenvalue weighted by molar-refractivity contribution is -0.110. The lowest BCUT2D eigenvalue weighted by Gasteiger charge is -2.39. The van der Waals surface area contributed by atoms with Gasteiger partial charge in [0, 0.05) is 59.0 Å². The summed E-state index contributed by atoms with van der Waals surface area (Å²) in [6.07, 6.45) is 2.14. The van der Waals surface area contributed by atoms with Crippen LogP contribution in [-0.2, 0) is 4.79 Å². The maximum atomic E-state index is 12.9. The molecule has 0 radical (unpaired) electrons. The molecular formula is C27H32Cl2N6O2. The first kappa shape index (κ1) is 27.1. The molecule has 196 valence electrons. The van der Waals surface area contributed by atoms with E-state index in [9.17, 15) is 9.59 Å². The summed E-state index contributed by atoms with van der Waals surface area (Å²) in [7, 11) is 0. The number of hydrogen-bond acceptors (Lipinski definition) is 6. The number of amides is 2. The Bertz CT molecular complexity index is 1220. The van der Waals surface area contributed by atoms with E-state index in [1.54, 1.807) is 24.3 Å². The van der Waals surface area contributed by atoms with Gasteiger partial charge in [-0.2, -0.15) is 0 Å². The van der Waals surface area contributed by atoms with Gasteiger partial charge in [0.1, 0.15) is 5.84 Å². The van der Waals surface area contributed by atoms with E-state index in [0.29, 0.717) is 40.2 Å². The number of nitrogens with one attached hydrogen (secondary N) is 2. The summed E-state index contributed by atoms with van der Waals surface area (Å²) < 4.78 is 0. The second-order valence-electron chi connectivity index (χ2n) is 9.54. The zero-order valence-electron chi connectivity index (χ0n) is 21.1. The summed E-state index contributed by atoms with van der Waals surface area (Å²) in [5.74, 6) is -0.158. The van der Waals surface area contributed by atoms with Gasteiger partial charge in [-0.1, -0.05) is 29.3 Å². The normalized spacial score (nSPS) is 18.9. The van der Waals surface area contributed by atoms with Gasteiger partial charge in [-0.3, -0.25) is 24.9 Å². The van der Waals surface area contributed by atoms with Crippen LogP contribution in [0, 0.1) is 12.3 Å². The molecular weight excluding hydrogens is 511 g/mol. The van der Waals surface area contributed by atoms with Gasteiger partial charge in [0.15, 0.2) is 0 Å². The third kappa shape index (κ3) is 5.98. The van der Waals surface area contributed by atoms with Gasteiger partial charge in [-0.15, -0.1) is 0 Å². The molecule has 0 aromatic heterocycles. The van der Waals surface area contributed by atoms with E-state index in [4.69, 9.17) is 34.3 Å². The number of benzene rings is 2. The first-order chi connectivity index (χ1) is 17.7. The Morgan fingerprint density at radius 3 is 2.49 bits per heavy atom. The van der Waals surface area contributed by atoms with Gasteiger partial charge in [-0.05, 0) is 62.6 Å². The van der Waals surface area contributed by atoms with E-state index in [1.807, 2.05) is 30.9 Å². The van der Waals surface area contributed by atoms with E-state index < -0.39 is 11.9 Å². The van der Waals surface area contributed by atoms with Crippen molar-refractivity contribution in [3.05, 3.63) is 63.1 Å². The van der Waals surface area contributed by atoms with Crippen molar-refractivity contribution in [2.24, 2.45) is 10.7 Å². The highest BCUT2D eigenvalue weighted by Gasteiger charge is 2.33. The van der Waals surface area contributed by atoms with Crippen molar-refractivity contribution >= 4 is 52.3 Å². The monoisotopic (exact) mass is 542 g/mol. The van der Waals surface area contributed by atoms with Crippen molar-refractivity contribution in [1.29, 1.82) is 5.41 Å². The number of halogens is 2. The number of likely N-dealkylation sites (tertiary alicyclic amines) is 1. The Labute approximate surface area is 227 Å². The third-order valence-corrected chi connectivity index (χ3v) is 7.92. The van der Waals surface area contributed by atoms with Crippen molar-refractivity contribution < 1.29 is 9.59 Å². The largest absolute Gasteiger partial charge is 0.386 e. The molecule has 2 unspecified atom stereocenters. The smallest absolute Gasteiger partial charge is 0.269 e. The predicted molar refractivity (Wildman–Crippen MR) is 149 cm³/mol. The minimum absolute atomic E-state index is 0.00166. The molecule has 0 aliphatic carbocycles. The molecule has 1 fully saturated rings. The fraction of sp³-hybridized carbons (Fsp3) is 0.407. The van der Waals surface area contributed by atoms with Gasteiger partial charge < -0.3 is 16.0 Å². The minimum Gasteiger partial charge on any atom is -0.386 e. The quantitative estimate of drug-likeness (QED) is 0.440. The first-order valence-corrected chi connectivity index (χ1v) is 13.2. The molecule has 0 bridgehead atoms. The number of carbonyl (C=O) groups is 2. The van der Waals surface area contributed by atoms with Gasteiger partial charge in [-0.25, -0.2) is 0 Å². The van der Waals surface area contributed by atoms with Gasteiger partial charge in [0.2, 0.25) is 0 Å². The molecule has 2 aromatic carbocycles. The molecule has 2 aliphatic rings. The number of hydrogen-bond donors (Lipinski definition) is 3. The van der Waals surface area contributed by atoms with Crippen molar-refractivity contribution in [2.75, 3.05) is 31.5 Å². The van der Waals surface area contributed by atoms with E-state index >= 15 is 0 Å². The average molecular weight is 543 g/mol. The van der Waals surface area contributed by atoms with Gasteiger partial charge in [0.05, 0.1) is 18.3 Å².